The summed E-state index contributed by atoms with van der Waals surface area (Å²) in [5.74, 6) is 1.22. The number of rotatable bonds is 7. The molecule has 0 saturated heterocycles. The van der Waals surface area contributed by atoms with E-state index < -0.39 is 0 Å². The average Bonchev–Trinajstić information content (AvgIpc) is 2.61. The second-order valence-electron chi connectivity index (χ2n) is 7.54. The number of benzene rings is 1. The predicted molar refractivity (Wildman–Crippen MR) is 106 cm³/mol. The van der Waals surface area contributed by atoms with Gasteiger partial charge in [-0.15, -0.1) is 0 Å². The zero-order valence-corrected chi connectivity index (χ0v) is 16.7. The quantitative estimate of drug-likeness (QED) is 0.763. The van der Waals surface area contributed by atoms with Crippen molar-refractivity contribution in [1.82, 2.24) is 14.9 Å². The number of nitrogens with zero attached hydrogens (tertiary/aromatic N) is 4. The van der Waals surface area contributed by atoms with Crippen LogP contribution < -0.4 is 4.90 Å². The van der Waals surface area contributed by atoms with Crippen molar-refractivity contribution in [2.45, 2.75) is 39.7 Å². The van der Waals surface area contributed by atoms with E-state index in [0.717, 1.165) is 17.5 Å². The predicted octanol–water partition coefficient (Wildman–Crippen LogP) is 3.50. The normalized spacial score (nSPS) is 12.1. The number of amides is 1. The molecule has 1 amide bonds. The summed E-state index contributed by atoms with van der Waals surface area (Å²) in [6.07, 6.45) is 4.61. The molecule has 5 nitrogen and oxygen atoms in total. The van der Waals surface area contributed by atoms with Gasteiger partial charge in [-0.05, 0) is 30.4 Å². The van der Waals surface area contributed by atoms with Gasteiger partial charge in [0.2, 0.25) is 11.9 Å². The van der Waals surface area contributed by atoms with Crippen LogP contribution >= 0.6 is 0 Å². The van der Waals surface area contributed by atoms with Gasteiger partial charge in [-0.25, -0.2) is 9.97 Å². The smallest absolute Gasteiger partial charge is 0.229 e. The minimum absolute atomic E-state index is 0.0956. The molecule has 0 fully saturated rings. The van der Waals surface area contributed by atoms with Crippen molar-refractivity contribution < 1.29 is 4.79 Å². The Morgan fingerprint density at radius 2 is 1.54 bits per heavy atom. The maximum Gasteiger partial charge on any atom is 0.229 e. The highest BCUT2D eigenvalue weighted by atomic mass is 16.2. The molecule has 0 unspecified atom stereocenters. The van der Waals surface area contributed by atoms with Crippen LogP contribution in [-0.2, 0) is 17.8 Å². The van der Waals surface area contributed by atoms with E-state index >= 15 is 0 Å². The Morgan fingerprint density at radius 3 is 2.04 bits per heavy atom. The highest BCUT2D eigenvalue weighted by molar-refractivity contribution is 5.83. The molecule has 1 aromatic heterocycles. The van der Waals surface area contributed by atoms with Crippen molar-refractivity contribution in [2.24, 2.45) is 5.92 Å². The SMILES string of the molecule is CC(C)Cc1ccc([C@H](C)C(=O)N(C)Cc2cnc(N(C)C)nc2)cc1. The molecule has 0 bridgehead atoms. The summed E-state index contributed by atoms with van der Waals surface area (Å²) in [6, 6.07) is 8.41. The molecule has 2 rings (SSSR count). The molecular formula is C21H30N4O. The number of hydrogen-bond donors (Lipinski definition) is 0. The van der Waals surface area contributed by atoms with E-state index in [1.54, 1.807) is 17.3 Å². The first kappa shape index (κ1) is 19.9. The van der Waals surface area contributed by atoms with E-state index in [9.17, 15) is 4.79 Å². The van der Waals surface area contributed by atoms with E-state index in [1.807, 2.05) is 33.0 Å². The van der Waals surface area contributed by atoms with Crippen molar-refractivity contribution in [1.29, 1.82) is 0 Å². The lowest BCUT2D eigenvalue weighted by molar-refractivity contribution is -0.131. The molecule has 0 spiro atoms. The summed E-state index contributed by atoms with van der Waals surface area (Å²) in [4.78, 5) is 25.0. The van der Waals surface area contributed by atoms with E-state index in [4.69, 9.17) is 0 Å². The summed E-state index contributed by atoms with van der Waals surface area (Å²) in [7, 11) is 5.63. The maximum absolute atomic E-state index is 12.8. The second kappa shape index (κ2) is 8.79. The van der Waals surface area contributed by atoms with Crippen molar-refractivity contribution in [2.75, 3.05) is 26.0 Å². The van der Waals surface area contributed by atoms with E-state index in [1.165, 1.54) is 5.56 Å². The van der Waals surface area contributed by atoms with Crippen LogP contribution in [0.15, 0.2) is 36.7 Å². The molecule has 0 aliphatic rings. The van der Waals surface area contributed by atoms with Crippen LogP contribution in [0.5, 0.6) is 0 Å². The fraction of sp³-hybridized carbons (Fsp3) is 0.476. The molecular weight excluding hydrogens is 324 g/mol. The molecule has 1 aromatic carbocycles. The molecule has 0 radical (unpaired) electrons. The lowest BCUT2D eigenvalue weighted by Gasteiger charge is -2.22. The fourth-order valence-corrected chi connectivity index (χ4v) is 2.90. The van der Waals surface area contributed by atoms with Gasteiger partial charge >= 0.3 is 0 Å². The Balaban J connectivity index is 2.00. The molecule has 0 N–H and O–H groups in total. The number of likely N-dealkylation sites (N-methyl/N-ethyl adjacent to an activating group) is 1. The van der Waals surface area contributed by atoms with Crippen LogP contribution in [0.25, 0.3) is 0 Å². The van der Waals surface area contributed by atoms with E-state index in [2.05, 4.69) is 48.1 Å². The molecule has 2 aromatic rings. The maximum atomic E-state index is 12.8. The van der Waals surface area contributed by atoms with Gasteiger partial charge in [-0.2, -0.15) is 0 Å². The molecule has 0 aliphatic heterocycles. The molecule has 0 saturated carbocycles. The first-order chi connectivity index (χ1) is 12.3. The molecule has 1 atom stereocenters. The van der Waals surface area contributed by atoms with Crippen LogP contribution in [0.1, 0.15) is 43.4 Å². The Hall–Kier alpha value is -2.43. The van der Waals surface area contributed by atoms with Gasteiger partial charge in [0.25, 0.3) is 0 Å². The van der Waals surface area contributed by atoms with Gasteiger partial charge < -0.3 is 9.80 Å². The number of carbonyl (C=O) groups excluding carboxylic acids is 1. The van der Waals surface area contributed by atoms with Gasteiger partial charge in [-0.3, -0.25) is 4.79 Å². The Labute approximate surface area is 157 Å². The summed E-state index contributed by atoms with van der Waals surface area (Å²) in [5.41, 5.74) is 3.29. The first-order valence-electron chi connectivity index (χ1n) is 9.10. The van der Waals surface area contributed by atoms with Gasteiger partial charge in [0.1, 0.15) is 0 Å². The number of carbonyl (C=O) groups is 1. The summed E-state index contributed by atoms with van der Waals surface area (Å²) in [5, 5.41) is 0. The fourth-order valence-electron chi connectivity index (χ4n) is 2.90. The second-order valence-corrected chi connectivity index (χ2v) is 7.54. The number of hydrogen-bond acceptors (Lipinski definition) is 4. The minimum Gasteiger partial charge on any atom is -0.347 e. The van der Waals surface area contributed by atoms with Gasteiger partial charge in [-0.1, -0.05) is 38.1 Å². The lowest BCUT2D eigenvalue weighted by atomic mass is 9.96. The van der Waals surface area contributed by atoms with Gasteiger partial charge in [0.05, 0.1) is 5.92 Å². The topological polar surface area (TPSA) is 49.3 Å². The third-order valence-electron chi connectivity index (χ3n) is 4.38. The summed E-state index contributed by atoms with van der Waals surface area (Å²) in [6.45, 7) is 6.89. The minimum atomic E-state index is -0.171. The number of anilines is 1. The molecule has 140 valence electrons. The van der Waals surface area contributed by atoms with Crippen LogP contribution in [0.4, 0.5) is 5.95 Å². The summed E-state index contributed by atoms with van der Waals surface area (Å²) >= 11 is 0. The van der Waals surface area contributed by atoms with Crippen molar-refractivity contribution in [3.8, 4) is 0 Å². The van der Waals surface area contributed by atoms with E-state index in [0.29, 0.717) is 18.4 Å². The standard InChI is InChI=1S/C21H30N4O/c1-15(2)11-17-7-9-19(10-8-17)16(3)20(26)25(6)14-18-12-22-21(23-13-18)24(4)5/h7-10,12-13,15-16H,11,14H2,1-6H3/t16-/m0/s1. The Morgan fingerprint density at radius 1 is 0.962 bits per heavy atom. The number of aromatic nitrogens is 2. The van der Waals surface area contributed by atoms with E-state index in [-0.39, 0.29) is 11.8 Å². The first-order valence-corrected chi connectivity index (χ1v) is 9.10. The van der Waals surface area contributed by atoms with Crippen molar-refractivity contribution >= 4 is 11.9 Å². The van der Waals surface area contributed by atoms with Crippen LogP contribution in [0, 0.1) is 5.92 Å². The highest BCUT2D eigenvalue weighted by Gasteiger charge is 2.19. The average molecular weight is 354 g/mol. The van der Waals surface area contributed by atoms with Crippen LogP contribution in [-0.4, -0.2) is 41.9 Å². The van der Waals surface area contributed by atoms with Crippen molar-refractivity contribution in [3.05, 3.63) is 53.3 Å². The van der Waals surface area contributed by atoms with Crippen LogP contribution in [0.3, 0.4) is 0 Å². The third-order valence-corrected chi connectivity index (χ3v) is 4.38. The molecule has 5 heteroatoms. The van der Waals surface area contributed by atoms with Gasteiger partial charge in [0.15, 0.2) is 0 Å². The largest absolute Gasteiger partial charge is 0.347 e. The highest BCUT2D eigenvalue weighted by Crippen LogP contribution is 2.20. The summed E-state index contributed by atoms with van der Waals surface area (Å²) < 4.78 is 0. The molecule has 1 heterocycles. The van der Waals surface area contributed by atoms with Crippen molar-refractivity contribution in [3.63, 3.8) is 0 Å². The van der Waals surface area contributed by atoms with Crippen LogP contribution in [0.2, 0.25) is 0 Å². The Bertz CT molecular complexity index is 708. The van der Waals surface area contributed by atoms with Gasteiger partial charge in [0, 0.05) is 45.6 Å². The third kappa shape index (κ3) is 5.28. The zero-order valence-electron chi connectivity index (χ0n) is 16.7. The Kier molecular flexibility index (Phi) is 6.72. The lowest BCUT2D eigenvalue weighted by Crippen LogP contribution is -2.30. The monoisotopic (exact) mass is 354 g/mol. The molecule has 0 aliphatic carbocycles. The molecule has 26 heavy (non-hydrogen) atoms. The zero-order chi connectivity index (χ0) is 19.3.